The highest BCUT2D eigenvalue weighted by Crippen LogP contribution is 2.24. The highest BCUT2D eigenvalue weighted by molar-refractivity contribution is 5.89. The molecule has 0 saturated carbocycles. The Morgan fingerprint density at radius 3 is 1.09 bits per heavy atom. The molecule has 57 heavy (non-hydrogen) atoms. The van der Waals surface area contributed by atoms with E-state index >= 15 is 0 Å². The molecule has 0 radical (unpaired) electrons. The van der Waals surface area contributed by atoms with Crippen molar-refractivity contribution in [2.24, 2.45) is 0 Å². The Labute approximate surface area is 359 Å². The van der Waals surface area contributed by atoms with E-state index in [-0.39, 0.29) is 60.0 Å². The van der Waals surface area contributed by atoms with Crippen molar-refractivity contribution in [2.75, 3.05) is 51.0 Å². The first-order valence-electron chi connectivity index (χ1n) is 18.2. The number of rotatable bonds is 16. The number of likely N-dealkylation sites (N-methyl/N-ethyl adjacent to an activating group) is 2. The molecule has 0 aliphatic heterocycles. The molecule has 2 amide bonds. The van der Waals surface area contributed by atoms with Crippen molar-refractivity contribution in [1.82, 2.24) is 9.80 Å². The van der Waals surface area contributed by atoms with Gasteiger partial charge in [0.05, 0.1) is 0 Å². The van der Waals surface area contributed by atoms with E-state index in [1.54, 1.807) is 0 Å². The molecule has 4 rings (SSSR count). The Hall–Kier alpha value is -3.87. The van der Waals surface area contributed by atoms with Crippen molar-refractivity contribution >= 4 is 60.4 Å². The molecule has 0 aliphatic rings. The Bertz CT molecular complexity index is 1560. The van der Waals surface area contributed by atoms with Crippen LogP contribution in [-0.4, -0.2) is 85.0 Å². The first-order chi connectivity index (χ1) is 24.7. The minimum Gasteiger partial charge on any atom is -0.491 e. The number of ether oxygens (including phenoxy) is 2. The second-order valence-electron chi connectivity index (χ2n) is 14.0. The van der Waals surface area contributed by atoms with Crippen LogP contribution < -0.4 is 20.1 Å². The average molecular weight is 854 g/mol. The van der Waals surface area contributed by atoms with E-state index in [1.165, 1.54) is 47.2 Å². The number of carbonyl (C=O) groups is 2. The van der Waals surface area contributed by atoms with Crippen LogP contribution in [0.3, 0.4) is 0 Å². The minimum absolute atomic E-state index is 0. The Morgan fingerprint density at radius 2 is 0.825 bits per heavy atom. The van der Waals surface area contributed by atoms with Crippen molar-refractivity contribution in [1.29, 1.82) is 0 Å². The third-order valence-electron chi connectivity index (χ3n) is 9.32. The van der Waals surface area contributed by atoms with Crippen LogP contribution in [0.25, 0.3) is 0 Å². The smallest absolute Gasteiger partial charge is 0.221 e. The van der Waals surface area contributed by atoms with Gasteiger partial charge in [-0.2, -0.15) is 0 Å². The van der Waals surface area contributed by atoms with Crippen molar-refractivity contribution < 1.29 is 30.0 Å². The van der Waals surface area contributed by atoms with Gasteiger partial charge in [0.1, 0.15) is 24.7 Å². The van der Waals surface area contributed by atoms with Gasteiger partial charge >= 0.3 is 0 Å². The average Bonchev–Trinajstić information content (AvgIpc) is 3.10. The third kappa shape index (κ3) is 20.4. The summed E-state index contributed by atoms with van der Waals surface area (Å²) in [4.78, 5) is 26.8. The van der Waals surface area contributed by atoms with Gasteiger partial charge in [-0.15, -0.1) is 37.2 Å². The first-order valence-corrected chi connectivity index (χ1v) is 18.2. The lowest BCUT2D eigenvalue weighted by atomic mass is 10.1. The predicted molar refractivity (Wildman–Crippen MR) is 245 cm³/mol. The van der Waals surface area contributed by atoms with E-state index in [4.69, 9.17) is 9.47 Å². The molecule has 2 unspecified atom stereocenters. The zero-order valence-corrected chi connectivity index (χ0v) is 37.7. The fourth-order valence-electron chi connectivity index (χ4n) is 5.68. The van der Waals surface area contributed by atoms with Gasteiger partial charge in [0.2, 0.25) is 11.8 Å². The van der Waals surface area contributed by atoms with Crippen LogP contribution in [0.2, 0.25) is 0 Å². The highest BCUT2D eigenvalue weighted by atomic mass is 35.5. The number of hydrogen-bond donors (Lipinski definition) is 2. The van der Waals surface area contributed by atoms with Crippen LogP contribution in [0.5, 0.6) is 11.5 Å². The lowest BCUT2D eigenvalue weighted by molar-refractivity contribution is -0.115. The summed E-state index contributed by atoms with van der Waals surface area (Å²) in [7, 11) is 4.26. The van der Waals surface area contributed by atoms with Gasteiger partial charge in [0.15, 0.2) is 0 Å². The maximum atomic E-state index is 11.1. The van der Waals surface area contributed by atoms with Gasteiger partial charge in [-0.3, -0.25) is 19.4 Å². The predicted octanol–water partition coefficient (Wildman–Crippen LogP) is 8.02. The number of carbonyl (C=O) groups excluding carboxylic acids is 2. The number of anilines is 2. The normalized spacial score (nSPS) is 11.0. The van der Waals surface area contributed by atoms with Crippen LogP contribution in [-0.2, 0) is 22.4 Å². The molecule has 6 N–H and O–H groups in total. The summed E-state index contributed by atoms with van der Waals surface area (Å²) < 4.78 is 12.1. The van der Waals surface area contributed by atoms with Crippen LogP contribution in [0.15, 0.2) is 84.9 Å². The number of para-hydroxylation sites is 2. The van der Waals surface area contributed by atoms with Gasteiger partial charge in [-0.1, -0.05) is 60.7 Å². The Morgan fingerprint density at radius 1 is 0.544 bits per heavy atom. The van der Waals surface area contributed by atoms with E-state index in [0.717, 1.165) is 48.8 Å². The maximum Gasteiger partial charge on any atom is 0.221 e. The summed E-state index contributed by atoms with van der Waals surface area (Å²) in [5.41, 5.74) is 8.91. The monoisotopic (exact) mass is 852 g/mol. The lowest BCUT2D eigenvalue weighted by Crippen LogP contribution is -2.35. The van der Waals surface area contributed by atoms with E-state index in [1.807, 2.05) is 24.3 Å². The number of nitrogens with zero attached hydrogens (tertiary/aromatic N) is 2. The van der Waals surface area contributed by atoms with Crippen LogP contribution >= 0.6 is 37.2 Å². The molecule has 4 aromatic rings. The van der Waals surface area contributed by atoms with Crippen molar-refractivity contribution in [3.8, 4) is 11.5 Å². The van der Waals surface area contributed by atoms with Gasteiger partial charge < -0.3 is 31.1 Å². The Balaban J connectivity index is -0.000000941. The van der Waals surface area contributed by atoms with E-state index in [0.29, 0.717) is 25.3 Å². The summed E-state index contributed by atoms with van der Waals surface area (Å²) in [5.74, 6) is 1.91. The number of nitrogens with one attached hydrogen (secondary N) is 2. The summed E-state index contributed by atoms with van der Waals surface area (Å²) in [6, 6.07) is 29.2. The van der Waals surface area contributed by atoms with Crippen molar-refractivity contribution in [2.45, 2.75) is 80.3 Å². The summed E-state index contributed by atoms with van der Waals surface area (Å²) >= 11 is 0. The van der Waals surface area contributed by atoms with Gasteiger partial charge in [0, 0.05) is 50.4 Å². The molecular weight excluding hydrogens is 787 g/mol. The maximum absolute atomic E-state index is 11.1. The summed E-state index contributed by atoms with van der Waals surface area (Å²) in [6.07, 6.45) is 1.93. The van der Waals surface area contributed by atoms with E-state index in [2.05, 4.69) is 137 Å². The van der Waals surface area contributed by atoms with E-state index < -0.39 is 0 Å². The SMILES string of the molecule is CC(=O)Nc1ccc(CCN(C)C(C)COc2c(C)cccc2C)cc1.CC(=O)Nc1ccc(CCN(C)C(C)COc2c(C)cccc2C)cc1.Cl.Cl.Cl.O.O. The fourth-order valence-corrected chi connectivity index (χ4v) is 5.68. The largest absolute Gasteiger partial charge is 0.491 e. The molecule has 2 atom stereocenters. The topological polar surface area (TPSA) is 146 Å². The van der Waals surface area contributed by atoms with Gasteiger partial charge in [0.25, 0.3) is 0 Å². The molecule has 0 aliphatic carbocycles. The standard InChI is InChI=1S/2C22H30N2O2.3ClH.2H2O/c2*1-16-7-6-8-17(2)22(16)26-15-18(3)24(5)14-13-20-9-11-21(12-10-20)23-19(4)25;;;;;/h2*6-12,18H,13-15H2,1-5H3,(H,23,25);3*1H;2*1H2. The summed E-state index contributed by atoms with van der Waals surface area (Å²) in [5, 5.41) is 5.58. The molecule has 0 fully saturated rings. The number of benzene rings is 4. The number of halogens is 3. The number of amides is 2. The number of hydrogen-bond acceptors (Lipinski definition) is 6. The second kappa shape index (κ2) is 29.4. The molecule has 10 nitrogen and oxygen atoms in total. The van der Waals surface area contributed by atoms with Crippen molar-refractivity contribution in [3.05, 3.63) is 118 Å². The zero-order valence-electron chi connectivity index (χ0n) is 35.2. The molecule has 0 aromatic heterocycles. The zero-order chi connectivity index (χ0) is 38.2. The Kier molecular flexibility index (Phi) is 29.6. The van der Waals surface area contributed by atoms with Crippen LogP contribution in [0, 0.1) is 27.7 Å². The molecular formula is C44H67Cl3N4O6. The quantitative estimate of drug-likeness (QED) is 0.117. The molecule has 13 heteroatoms. The van der Waals surface area contributed by atoms with Gasteiger partial charge in [-0.25, -0.2) is 0 Å². The minimum atomic E-state index is -0.0461. The highest BCUT2D eigenvalue weighted by Gasteiger charge is 2.13. The number of aryl methyl sites for hydroxylation is 4. The van der Waals surface area contributed by atoms with Crippen LogP contribution in [0.1, 0.15) is 61.1 Å². The first kappa shape index (κ1) is 57.5. The molecule has 4 aromatic carbocycles. The van der Waals surface area contributed by atoms with E-state index in [9.17, 15) is 9.59 Å². The third-order valence-corrected chi connectivity index (χ3v) is 9.32. The second-order valence-corrected chi connectivity index (χ2v) is 14.0. The molecule has 0 bridgehead atoms. The lowest BCUT2D eigenvalue weighted by Gasteiger charge is -2.25. The van der Waals surface area contributed by atoms with Gasteiger partial charge in [-0.05, 0) is 126 Å². The molecule has 0 spiro atoms. The van der Waals surface area contributed by atoms with Crippen molar-refractivity contribution in [3.63, 3.8) is 0 Å². The molecule has 320 valence electrons. The molecule has 0 saturated heterocycles. The fraction of sp³-hybridized carbons (Fsp3) is 0.409. The van der Waals surface area contributed by atoms with Crippen LogP contribution in [0.4, 0.5) is 11.4 Å². The molecule has 0 heterocycles. The summed E-state index contributed by atoms with van der Waals surface area (Å²) in [6.45, 7) is 19.0.